The number of amides is 1. The molecule has 1 amide bonds. The lowest BCUT2D eigenvalue weighted by atomic mass is 10.2. The first-order valence-corrected chi connectivity index (χ1v) is 10.0. The van der Waals surface area contributed by atoms with Gasteiger partial charge < -0.3 is 14.5 Å². The molecule has 0 unspecified atom stereocenters. The van der Waals surface area contributed by atoms with Crippen molar-refractivity contribution in [3.8, 4) is 17.2 Å². The Morgan fingerprint density at radius 1 is 1.10 bits per heavy atom. The molecule has 29 heavy (non-hydrogen) atoms. The number of anilines is 1. The molecule has 1 aromatic heterocycles. The second kappa shape index (κ2) is 8.06. The largest absolute Gasteiger partial charge is 0.494 e. The van der Waals surface area contributed by atoms with E-state index in [0.29, 0.717) is 34.0 Å². The number of methoxy groups -OCH3 is 1. The summed E-state index contributed by atoms with van der Waals surface area (Å²) in [7, 11) is 1.46. The third kappa shape index (κ3) is 4.10. The smallest absolute Gasteiger partial charge is 0.255 e. The van der Waals surface area contributed by atoms with E-state index in [1.807, 2.05) is 24.3 Å². The lowest BCUT2D eigenvalue weighted by Crippen LogP contribution is -2.12. The van der Waals surface area contributed by atoms with E-state index in [1.165, 1.54) is 19.2 Å². The summed E-state index contributed by atoms with van der Waals surface area (Å²) in [6.45, 7) is 0. The second-order valence-corrected chi connectivity index (χ2v) is 7.87. The molecule has 3 aromatic carbocycles. The van der Waals surface area contributed by atoms with Gasteiger partial charge in [-0.1, -0.05) is 45.2 Å². The van der Waals surface area contributed by atoms with Gasteiger partial charge in [0.25, 0.3) is 5.91 Å². The van der Waals surface area contributed by atoms with E-state index in [0.717, 1.165) is 10.0 Å². The highest BCUT2D eigenvalue weighted by molar-refractivity contribution is 9.10. The minimum absolute atomic E-state index is 0.260. The second-order valence-electron chi connectivity index (χ2n) is 6.14. The number of hydrogen-bond acceptors (Lipinski definition) is 4. The van der Waals surface area contributed by atoms with Gasteiger partial charge in [-0.05, 0) is 48.5 Å². The van der Waals surface area contributed by atoms with Gasteiger partial charge in [-0.2, -0.15) is 0 Å². The first kappa shape index (κ1) is 19.8. The molecule has 0 saturated carbocycles. The number of fused-ring (bicyclic) bond motifs is 1. The highest BCUT2D eigenvalue weighted by Gasteiger charge is 2.15. The fraction of sp³-hybridized carbons (Fsp3) is 0.0476. The van der Waals surface area contributed by atoms with Gasteiger partial charge in [-0.15, -0.1) is 0 Å². The molecule has 0 radical (unpaired) electrons. The first-order chi connectivity index (χ1) is 13.9. The SMILES string of the molecule is COc1c(Cl)cc(C(=O)Nc2ccc3oc(-c4cccc(Br)c4)nc3c2)cc1Cl. The zero-order chi connectivity index (χ0) is 20.5. The highest BCUT2D eigenvalue weighted by atomic mass is 79.9. The van der Waals surface area contributed by atoms with Crippen LogP contribution in [0.1, 0.15) is 10.4 Å². The summed E-state index contributed by atoms with van der Waals surface area (Å²) in [5.74, 6) is 0.471. The van der Waals surface area contributed by atoms with Gasteiger partial charge in [0.1, 0.15) is 5.52 Å². The number of oxazole rings is 1. The zero-order valence-electron chi connectivity index (χ0n) is 15.0. The summed E-state index contributed by atoms with van der Waals surface area (Å²) < 4.78 is 11.9. The summed E-state index contributed by atoms with van der Waals surface area (Å²) >= 11 is 15.7. The Balaban J connectivity index is 1.61. The molecule has 4 rings (SSSR count). The van der Waals surface area contributed by atoms with Crippen LogP contribution in [0, 0.1) is 0 Å². The van der Waals surface area contributed by atoms with Crippen LogP contribution in [0.15, 0.2) is 63.5 Å². The molecular weight excluding hydrogens is 479 g/mol. The predicted octanol–water partition coefficient (Wildman–Crippen LogP) is 6.83. The van der Waals surface area contributed by atoms with Crippen molar-refractivity contribution in [1.29, 1.82) is 0 Å². The molecule has 0 aliphatic rings. The lowest BCUT2D eigenvalue weighted by molar-refractivity contribution is 0.102. The Bertz CT molecular complexity index is 1220. The molecule has 5 nitrogen and oxygen atoms in total. The van der Waals surface area contributed by atoms with E-state index in [9.17, 15) is 4.79 Å². The van der Waals surface area contributed by atoms with Gasteiger partial charge in [0.05, 0.1) is 17.2 Å². The molecule has 0 atom stereocenters. The molecule has 0 bridgehead atoms. The van der Waals surface area contributed by atoms with Crippen molar-refractivity contribution in [3.63, 3.8) is 0 Å². The van der Waals surface area contributed by atoms with E-state index in [2.05, 4.69) is 26.2 Å². The number of carbonyl (C=O) groups is 1. The topological polar surface area (TPSA) is 64.4 Å². The van der Waals surface area contributed by atoms with Crippen molar-refractivity contribution >= 4 is 61.8 Å². The van der Waals surface area contributed by atoms with Crippen LogP contribution in [-0.2, 0) is 0 Å². The van der Waals surface area contributed by atoms with Gasteiger partial charge in [-0.25, -0.2) is 4.98 Å². The monoisotopic (exact) mass is 490 g/mol. The Morgan fingerprint density at radius 3 is 2.55 bits per heavy atom. The van der Waals surface area contributed by atoms with E-state index in [-0.39, 0.29) is 16.0 Å². The standard InChI is InChI=1S/C21H13BrCl2N2O3/c1-28-19-15(23)8-12(9-16(19)24)20(27)25-14-5-6-18-17(10-14)26-21(29-18)11-3-2-4-13(22)7-11/h2-10H,1H3,(H,25,27). The minimum Gasteiger partial charge on any atom is -0.494 e. The molecule has 146 valence electrons. The molecule has 4 aromatic rings. The molecule has 0 fully saturated rings. The van der Waals surface area contributed by atoms with Gasteiger partial charge in [0, 0.05) is 21.3 Å². The Morgan fingerprint density at radius 2 is 1.86 bits per heavy atom. The van der Waals surface area contributed by atoms with Crippen LogP contribution in [0.3, 0.4) is 0 Å². The van der Waals surface area contributed by atoms with E-state index in [4.69, 9.17) is 32.4 Å². The van der Waals surface area contributed by atoms with E-state index < -0.39 is 0 Å². The molecule has 1 N–H and O–H groups in total. The molecule has 8 heteroatoms. The average molecular weight is 492 g/mol. The van der Waals surface area contributed by atoms with Crippen LogP contribution < -0.4 is 10.1 Å². The number of ether oxygens (including phenoxy) is 1. The average Bonchev–Trinajstić information content (AvgIpc) is 3.11. The molecule has 0 aliphatic carbocycles. The Hall–Kier alpha value is -2.54. The maximum Gasteiger partial charge on any atom is 0.255 e. The normalized spacial score (nSPS) is 10.9. The number of hydrogen-bond donors (Lipinski definition) is 1. The molecule has 0 saturated heterocycles. The maximum atomic E-state index is 12.6. The third-order valence-corrected chi connectivity index (χ3v) is 5.24. The third-order valence-electron chi connectivity index (χ3n) is 4.18. The number of benzene rings is 3. The van der Waals surface area contributed by atoms with Crippen molar-refractivity contribution in [1.82, 2.24) is 4.98 Å². The summed E-state index contributed by atoms with van der Waals surface area (Å²) in [5.41, 5.74) is 2.98. The van der Waals surface area contributed by atoms with Crippen molar-refractivity contribution < 1.29 is 13.9 Å². The van der Waals surface area contributed by atoms with Crippen LogP contribution in [0.5, 0.6) is 5.75 Å². The summed E-state index contributed by atoms with van der Waals surface area (Å²) in [6.07, 6.45) is 0. The number of rotatable bonds is 4. The Labute approximate surface area is 184 Å². The molecule has 1 heterocycles. The quantitative estimate of drug-likeness (QED) is 0.340. The fourth-order valence-corrected chi connectivity index (χ4v) is 3.88. The Kier molecular flexibility index (Phi) is 5.50. The zero-order valence-corrected chi connectivity index (χ0v) is 18.1. The highest BCUT2D eigenvalue weighted by Crippen LogP contribution is 2.34. The van der Waals surface area contributed by atoms with E-state index >= 15 is 0 Å². The maximum absolute atomic E-state index is 12.6. The van der Waals surface area contributed by atoms with Crippen molar-refractivity contribution in [2.24, 2.45) is 0 Å². The minimum atomic E-state index is -0.355. The van der Waals surface area contributed by atoms with Crippen LogP contribution in [-0.4, -0.2) is 18.0 Å². The van der Waals surface area contributed by atoms with Crippen LogP contribution >= 0.6 is 39.1 Å². The van der Waals surface area contributed by atoms with Crippen LogP contribution in [0.25, 0.3) is 22.6 Å². The molecule has 0 spiro atoms. The van der Waals surface area contributed by atoms with E-state index in [1.54, 1.807) is 18.2 Å². The van der Waals surface area contributed by atoms with Gasteiger partial charge in [0.15, 0.2) is 11.3 Å². The summed E-state index contributed by atoms with van der Waals surface area (Å²) in [4.78, 5) is 17.1. The van der Waals surface area contributed by atoms with Crippen molar-refractivity contribution in [2.75, 3.05) is 12.4 Å². The van der Waals surface area contributed by atoms with Crippen LogP contribution in [0.2, 0.25) is 10.0 Å². The number of halogens is 3. The number of aromatic nitrogens is 1. The fourth-order valence-electron chi connectivity index (χ4n) is 2.84. The summed E-state index contributed by atoms with van der Waals surface area (Å²) in [6, 6.07) is 15.9. The van der Waals surface area contributed by atoms with Gasteiger partial charge in [-0.3, -0.25) is 4.79 Å². The van der Waals surface area contributed by atoms with Crippen molar-refractivity contribution in [2.45, 2.75) is 0 Å². The number of nitrogens with one attached hydrogen (secondary N) is 1. The van der Waals surface area contributed by atoms with Crippen LogP contribution in [0.4, 0.5) is 5.69 Å². The number of nitrogens with zero attached hydrogens (tertiary/aromatic N) is 1. The predicted molar refractivity (Wildman–Crippen MR) is 118 cm³/mol. The molecular formula is C21H13BrCl2N2O3. The van der Waals surface area contributed by atoms with Crippen molar-refractivity contribution in [3.05, 3.63) is 74.7 Å². The summed E-state index contributed by atoms with van der Waals surface area (Å²) in [5, 5.41) is 3.33. The number of carbonyl (C=O) groups excluding carboxylic acids is 1. The first-order valence-electron chi connectivity index (χ1n) is 8.45. The van der Waals surface area contributed by atoms with Gasteiger partial charge >= 0.3 is 0 Å². The molecule has 0 aliphatic heterocycles. The lowest BCUT2D eigenvalue weighted by Gasteiger charge is -2.09. The van der Waals surface area contributed by atoms with Gasteiger partial charge in [0.2, 0.25) is 5.89 Å².